The third-order valence-electron chi connectivity index (χ3n) is 4.25. The molecule has 0 spiro atoms. The Kier molecular flexibility index (Phi) is 3.10. The highest BCUT2D eigenvalue weighted by atomic mass is 16.5. The van der Waals surface area contributed by atoms with Crippen molar-refractivity contribution < 1.29 is 24.5 Å². The molecule has 21 heavy (non-hydrogen) atoms. The maximum Gasteiger partial charge on any atom is 0.303 e. The van der Waals surface area contributed by atoms with E-state index in [4.69, 9.17) is 14.9 Å². The number of carbonyl (C=O) groups is 2. The Labute approximate surface area is 121 Å². The fourth-order valence-corrected chi connectivity index (χ4v) is 3.30. The van der Waals surface area contributed by atoms with E-state index in [9.17, 15) is 9.59 Å². The van der Waals surface area contributed by atoms with Gasteiger partial charge in [-0.05, 0) is 36.1 Å². The number of rotatable bonds is 6. The Bertz CT molecular complexity index is 582. The summed E-state index contributed by atoms with van der Waals surface area (Å²) in [6.07, 6.45) is 4.50. The van der Waals surface area contributed by atoms with Gasteiger partial charge in [-0.1, -0.05) is 24.3 Å². The topological polar surface area (TPSA) is 83.8 Å². The van der Waals surface area contributed by atoms with E-state index in [0.717, 1.165) is 11.1 Å². The zero-order chi connectivity index (χ0) is 15.1. The molecule has 3 rings (SSSR count). The molecule has 2 N–H and O–H groups in total. The number of hydrogen-bond acceptors (Lipinski definition) is 3. The van der Waals surface area contributed by atoms with Crippen LogP contribution in [0.3, 0.4) is 0 Å². The molecule has 0 fully saturated rings. The van der Waals surface area contributed by atoms with Gasteiger partial charge in [-0.2, -0.15) is 0 Å². The molecule has 0 saturated heterocycles. The maximum absolute atomic E-state index is 10.9. The Morgan fingerprint density at radius 3 is 1.71 bits per heavy atom. The van der Waals surface area contributed by atoms with Gasteiger partial charge in [0, 0.05) is 12.8 Å². The molecule has 0 aliphatic carbocycles. The van der Waals surface area contributed by atoms with Crippen LogP contribution >= 0.6 is 0 Å². The third kappa shape index (κ3) is 2.14. The summed E-state index contributed by atoms with van der Waals surface area (Å²) in [6.45, 7) is 0. The summed E-state index contributed by atoms with van der Waals surface area (Å²) < 4.78 is 6.18. The Morgan fingerprint density at radius 1 is 0.905 bits per heavy atom. The van der Waals surface area contributed by atoms with Gasteiger partial charge in [0.05, 0.1) is 0 Å². The molecule has 0 saturated carbocycles. The van der Waals surface area contributed by atoms with E-state index in [2.05, 4.69) is 0 Å². The highest BCUT2D eigenvalue weighted by molar-refractivity contribution is 5.68. The summed E-state index contributed by atoms with van der Waals surface area (Å²) in [5.41, 5.74) is 0.458. The van der Waals surface area contributed by atoms with Crippen molar-refractivity contribution in [2.24, 2.45) is 0 Å². The first-order valence-electron chi connectivity index (χ1n) is 6.92. The minimum Gasteiger partial charge on any atom is -0.481 e. The molecule has 0 aromatic heterocycles. The van der Waals surface area contributed by atoms with Crippen LogP contribution in [0.1, 0.15) is 36.8 Å². The lowest BCUT2D eigenvalue weighted by molar-refractivity contribution is -0.141. The van der Waals surface area contributed by atoms with Crippen LogP contribution in [0.25, 0.3) is 0 Å². The number of fused-ring (bicyclic) bond motifs is 5. The average Bonchev–Trinajstić information content (AvgIpc) is 2.97. The first-order valence-corrected chi connectivity index (χ1v) is 6.92. The SMILES string of the molecule is O=C(O)CC[C@@]12C=C[C@@](CCC(=O)O)(O1)c1ccccc12. The molecule has 2 bridgehead atoms. The number of aliphatic carboxylic acids is 2. The summed E-state index contributed by atoms with van der Waals surface area (Å²) in [6, 6.07) is 7.65. The van der Waals surface area contributed by atoms with Gasteiger partial charge in [0.2, 0.25) is 0 Å². The number of carboxylic acid groups (broad SMARTS) is 2. The minimum absolute atomic E-state index is 0.00762. The van der Waals surface area contributed by atoms with Crippen LogP contribution in [0.15, 0.2) is 36.4 Å². The highest BCUT2D eigenvalue weighted by Crippen LogP contribution is 2.57. The molecule has 2 aliphatic heterocycles. The van der Waals surface area contributed by atoms with Crippen molar-refractivity contribution in [2.75, 3.05) is 0 Å². The smallest absolute Gasteiger partial charge is 0.303 e. The molecule has 0 unspecified atom stereocenters. The van der Waals surface area contributed by atoms with E-state index < -0.39 is 23.1 Å². The van der Waals surface area contributed by atoms with E-state index in [-0.39, 0.29) is 12.8 Å². The number of benzene rings is 1. The van der Waals surface area contributed by atoms with Crippen molar-refractivity contribution in [3.05, 3.63) is 47.5 Å². The quantitative estimate of drug-likeness (QED) is 0.785. The standard InChI is InChI=1S/C16H16O5/c17-13(18)5-7-15-9-10-16(21-15,8-6-14(19)20)12-4-2-1-3-11(12)15/h1-4,9-10H,5-8H2,(H,17,18)(H,19,20)/t15-,16+. The normalized spacial score (nSPS) is 28.6. The van der Waals surface area contributed by atoms with Crippen LogP contribution in [0.4, 0.5) is 0 Å². The second-order valence-corrected chi connectivity index (χ2v) is 5.55. The lowest BCUT2D eigenvalue weighted by atomic mass is 9.78. The fraction of sp³-hybridized carbons (Fsp3) is 0.375. The van der Waals surface area contributed by atoms with Crippen molar-refractivity contribution in [1.29, 1.82) is 0 Å². The van der Waals surface area contributed by atoms with Crippen molar-refractivity contribution in [3.8, 4) is 0 Å². The molecule has 0 radical (unpaired) electrons. The number of hydrogen-bond donors (Lipinski definition) is 2. The van der Waals surface area contributed by atoms with Crippen LogP contribution in [0.5, 0.6) is 0 Å². The van der Waals surface area contributed by atoms with Gasteiger partial charge in [0.25, 0.3) is 0 Å². The van der Waals surface area contributed by atoms with Gasteiger partial charge in [0.15, 0.2) is 0 Å². The zero-order valence-corrected chi connectivity index (χ0v) is 11.4. The van der Waals surface area contributed by atoms with Gasteiger partial charge in [-0.15, -0.1) is 0 Å². The minimum atomic E-state index is -0.867. The maximum atomic E-state index is 10.9. The summed E-state index contributed by atoms with van der Waals surface area (Å²) in [7, 11) is 0. The summed E-state index contributed by atoms with van der Waals surface area (Å²) in [5.74, 6) is -1.73. The average molecular weight is 288 g/mol. The highest BCUT2D eigenvalue weighted by Gasteiger charge is 2.55. The molecule has 5 nitrogen and oxygen atoms in total. The van der Waals surface area contributed by atoms with Crippen molar-refractivity contribution in [2.45, 2.75) is 36.9 Å². The van der Waals surface area contributed by atoms with Crippen LogP contribution in [0, 0.1) is 0 Å². The van der Waals surface area contributed by atoms with Gasteiger partial charge in [-0.25, -0.2) is 0 Å². The Hall–Kier alpha value is -2.14. The lowest BCUT2D eigenvalue weighted by Crippen LogP contribution is -2.25. The Morgan fingerprint density at radius 2 is 1.33 bits per heavy atom. The molecule has 0 amide bonds. The lowest BCUT2D eigenvalue weighted by Gasteiger charge is -2.25. The second kappa shape index (κ2) is 4.70. The van der Waals surface area contributed by atoms with Crippen molar-refractivity contribution in [3.63, 3.8) is 0 Å². The second-order valence-electron chi connectivity index (χ2n) is 5.55. The van der Waals surface area contributed by atoms with Crippen LogP contribution < -0.4 is 0 Å². The summed E-state index contributed by atoms with van der Waals surface area (Å²) >= 11 is 0. The van der Waals surface area contributed by atoms with Gasteiger partial charge >= 0.3 is 11.9 Å². The van der Waals surface area contributed by atoms with Gasteiger partial charge in [0.1, 0.15) is 11.2 Å². The van der Waals surface area contributed by atoms with Crippen LogP contribution in [0.2, 0.25) is 0 Å². The first-order chi connectivity index (χ1) is 9.97. The molecule has 110 valence electrons. The predicted molar refractivity (Wildman–Crippen MR) is 73.8 cm³/mol. The van der Waals surface area contributed by atoms with Crippen molar-refractivity contribution >= 4 is 11.9 Å². The number of ether oxygens (including phenoxy) is 1. The molecule has 5 heteroatoms. The van der Waals surface area contributed by atoms with E-state index in [0.29, 0.717) is 12.8 Å². The van der Waals surface area contributed by atoms with Gasteiger partial charge < -0.3 is 14.9 Å². The molecule has 2 atom stereocenters. The largest absolute Gasteiger partial charge is 0.481 e. The van der Waals surface area contributed by atoms with E-state index in [1.54, 1.807) is 0 Å². The number of carboxylic acids is 2. The molecular formula is C16H16O5. The predicted octanol–water partition coefficient (Wildman–Crippen LogP) is 2.41. The Balaban J connectivity index is 1.95. The molecule has 1 aromatic carbocycles. The monoisotopic (exact) mass is 288 g/mol. The molecule has 2 aliphatic rings. The zero-order valence-electron chi connectivity index (χ0n) is 11.4. The molecular weight excluding hydrogens is 272 g/mol. The van der Waals surface area contributed by atoms with E-state index >= 15 is 0 Å². The molecule has 2 heterocycles. The third-order valence-corrected chi connectivity index (χ3v) is 4.25. The van der Waals surface area contributed by atoms with Crippen LogP contribution in [-0.4, -0.2) is 22.2 Å². The van der Waals surface area contributed by atoms with Gasteiger partial charge in [-0.3, -0.25) is 9.59 Å². The summed E-state index contributed by atoms with van der Waals surface area (Å²) in [5, 5.41) is 17.9. The summed E-state index contributed by atoms with van der Waals surface area (Å²) in [4.78, 5) is 21.8. The van der Waals surface area contributed by atoms with E-state index in [1.807, 2.05) is 36.4 Å². The van der Waals surface area contributed by atoms with Crippen molar-refractivity contribution in [1.82, 2.24) is 0 Å². The van der Waals surface area contributed by atoms with Crippen LogP contribution in [-0.2, 0) is 25.5 Å². The first kappa shape index (κ1) is 13.8. The van der Waals surface area contributed by atoms with E-state index in [1.165, 1.54) is 0 Å². The fourth-order valence-electron chi connectivity index (χ4n) is 3.30. The molecule has 1 aromatic rings.